The minimum Gasteiger partial charge on any atom is -0.872 e. The van der Waals surface area contributed by atoms with Gasteiger partial charge in [-0.3, -0.25) is 9.59 Å². The van der Waals surface area contributed by atoms with Gasteiger partial charge in [-0.15, -0.1) is 0 Å². The number of ketones is 2. The van der Waals surface area contributed by atoms with Crippen LogP contribution in [0.4, 0.5) is 0 Å². The molecule has 1 saturated carbocycles. The van der Waals surface area contributed by atoms with Gasteiger partial charge in [-0.05, 0) is 40.5 Å². The predicted octanol–water partition coefficient (Wildman–Crippen LogP) is -1.52. The molecule has 0 radical (unpaired) electrons. The molecule has 4 atom stereocenters. The Hall–Kier alpha value is -2.03. The minimum atomic E-state index is -0.796. The smallest absolute Gasteiger partial charge is 0.872 e. The molecule has 11 heteroatoms. The van der Waals surface area contributed by atoms with Crippen molar-refractivity contribution in [3.05, 3.63) is 22.7 Å². The van der Waals surface area contributed by atoms with Gasteiger partial charge in [0.2, 0.25) is 0 Å². The van der Waals surface area contributed by atoms with Crippen molar-refractivity contribution in [2.75, 3.05) is 0 Å². The third-order valence-electron chi connectivity index (χ3n) is 4.79. The fourth-order valence-corrected chi connectivity index (χ4v) is 2.98. The molecule has 2 heterocycles. The van der Waals surface area contributed by atoms with Gasteiger partial charge in [-0.1, -0.05) is 24.4 Å². The van der Waals surface area contributed by atoms with Crippen LogP contribution in [0.2, 0.25) is 0 Å². The Morgan fingerprint density at radius 1 is 0.806 bits per heavy atom. The molecule has 0 spiro atoms. The number of hydrogen-bond donors (Lipinski definition) is 2. The van der Waals surface area contributed by atoms with Crippen molar-refractivity contribution in [1.82, 2.24) is 0 Å². The number of nitrogens with two attached hydrogens (primary N) is 2. The van der Waals surface area contributed by atoms with E-state index in [1.165, 1.54) is 40.5 Å². The zero-order valence-corrected chi connectivity index (χ0v) is 20.1. The SMILES string of the molecule is CC(=O)C1=C([O-])C(C)OC1=O.CC(=O)C1=C([O-])[C@H](C)OC1=O.NC1CCCCC1N.[Pt+2]. The van der Waals surface area contributed by atoms with Gasteiger partial charge in [-0.25, -0.2) is 9.59 Å². The molecule has 3 aliphatic rings. The van der Waals surface area contributed by atoms with Crippen molar-refractivity contribution in [2.45, 2.75) is 77.7 Å². The van der Waals surface area contributed by atoms with E-state index in [9.17, 15) is 29.4 Å². The monoisotopic (exact) mass is 619 g/mol. The molecular weight excluding hydrogens is 591 g/mol. The van der Waals surface area contributed by atoms with Crippen LogP contribution in [0.25, 0.3) is 0 Å². The van der Waals surface area contributed by atoms with E-state index in [4.69, 9.17) is 11.5 Å². The van der Waals surface area contributed by atoms with E-state index < -0.39 is 47.2 Å². The number of ether oxygens (including phenoxy) is 2. The molecule has 0 saturated heterocycles. The minimum absolute atomic E-state index is 0. The standard InChI is InChI=1S/2C7H8O4.C6H14N2.Pt/c2*1-3(8)5-6(9)4(2)11-7(5)10;7-5-3-1-2-4-6(5)8;/h2*4,9H,1-2H3;5-6H,1-4,7-8H2;/q;;;+2/p-2/t4-;;;/m0.../s1. The maximum absolute atomic E-state index is 11.0. The van der Waals surface area contributed by atoms with Gasteiger partial charge in [0, 0.05) is 12.1 Å². The predicted molar refractivity (Wildman–Crippen MR) is 101 cm³/mol. The normalized spacial score (nSPS) is 27.2. The summed E-state index contributed by atoms with van der Waals surface area (Å²) in [6.07, 6.45) is 3.22. The van der Waals surface area contributed by atoms with E-state index in [0.717, 1.165) is 12.8 Å². The van der Waals surface area contributed by atoms with Crippen LogP contribution in [-0.4, -0.2) is 47.8 Å². The summed E-state index contributed by atoms with van der Waals surface area (Å²) in [4.78, 5) is 42.8. The van der Waals surface area contributed by atoms with E-state index in [1.54, 1.807) is 0 Å². The molecule has 4 N–H and O–H groups in total. The summed E-state index contributed by atoms with van der Waals surface area (Å²) in [5.41, 5.74) is 10.6. The molecule has 0 aromatic rings. The van der Waals surface area contributed by atoms with Crippen molar-refractivity contribution in [2.24, 2.45) is 11.5 Å². The fourth-order valence-electron chi connectivity index (χ4n) is 2.98. The first-order chi connectivity index (χ1) is 13.9. The second kappa shape index (κ2) is 12.7. The Morgan fingerprint density at radius 2 is 1.10 bits per heavy atom. The largest absolute Gasteiger partial charge is 2.00 e. The van der Waals surface area contributed by atoms with Gasteiger partial charge in [-0.2, -0.15) is 0 Å². The number of esters is 2. The molecule has 176 valence electrons. The van der Waals surface area contributed by atoms with Gasteiger partial charge < -0.3 is 31.2 Å². The van der Waals surface area contributed by atoms with E-state index in [0.29, 0.717) is 0 Å². The van der Waals surface area contributed by atoms with Gasteiger partial charge in [0.05, 0.1) is 11.1 Å². The molecule has 0 aromatic heterocycles. The third-order valence-corrected chi connectivity index (χ3v) is 4.79. The molecule has 3 rings (SSSR count). The maximum Gasteiger partial charge on any atom is 2.00 e. The first-order valence-corrected chi connectivity index (χ1v) is 9.65. The van der Waals surface area contributed by atoms with Gasteiger partial charge >= 0.3 is 33.0 Å². The summed E-state index contributed by atoms with van der Waals surface area (Å²) >= 11 is 0. The maximum atomic E-state index is 11.0. The van der Waals surface area contributed by atoms with Crippen LogP contribution in [0, 0.1) is 0 Å². The molecule has 10 nitrogen and oxygen atoms in total. The first-order valence-electron chi connectivity index (χ1n) is 9.65. The number of carbonyl (C=O) groups excluding carboxylic acids is 4. The Balaban J connectivity index is 0.000000434. The number of carbonyl (C=O) groups is 4. The summed E-state index contributed by atoms with van der Waals surface area (Å²) in [5, 5.41) is 21.9. The van der Waals surface area contributed by atoms with Crippen LogP contribution < -0.4 is 21.7 Å². The quantitative estimate of drug-likeness (QED) is 0.272. The molecular formula is C20H28N2O8Pt. The molecule has 0 bridgehead atoms. The van der Waals surface area contributed by atoms with Crippen LogP contribution >= 0.6 is 0 Å². The van der Waals surface area contributed by atoms with Crippen molar-refractivity contribution in [3.8, 4) is 0 Å². The number of hydrogen-bond acceptors (Lipinski definition) is 10. The van der Waals surface area contributed by atoms with Crippen LogP contribution in [0.15, 0.2) is 22.7 Å². The Kier molecular flexibility index (Phi) is 11.9. The number of cyclic esters (lactones) is 2. The average molecular weight is 620 g/mol. The van der Waals surface area contributed by atoms with E-state index in [-0.39, 0.29) is 44.3 Å². The second-order valence-corrected chi connectivity index (χ2v) is 7.30. The summed E-state index contributed by atoms with van der Waals surface area (Å²) in [6, 6.07) is 0.562. The molecule has 3 unspecified atom stereocenters. The molecule has 0 aromatic carbocycles. The number of rotatable bonds is 2. The van der Waals surface area contributed by atoms with Crippen molar-refractivity contribution >= 4 is 23.5 Å². The summed E-state index contributed by atoms with van der Waals surface area (Å²) in [7, 11) is 0. The summed E-state index contributed by atoms with van der Waals surface area (Å²) < 4.78 is 9.00. The molecule has 1 fully saturated rings. The third kappa shape index (κ3) is 7.87. The first kappa shape index (κ1) is 29.0. The molecule has 1 aliphatic carbocycles. The van der Waals surface area contributed by atoms with Crippen molar-refractivity contribution in [3.63, 3.8) is 0 Å². The number of Topliss-reactive ketones (excluding diaryl/α,β-unsaturated/α-hetero) is 2. The van der Waals surface area contributed by atoms with Crippen LogP contribution in [0.3, 0.4) is 0 Å². The fraction of sp³-hybridized carbons (Fsp3) is 0.600. The average Bonchev–Trinajstić information content (AvgIpc) is 3.05. The molecule has 2 aliphatic heterocycles. The zero-order valence-electron chi connectivity index (χ0n) is 17.9. The van der Waals surface area contributed by atoms with E-state index in [1.807, 2.05) is 0 Å². The van der Waals surface area contributed by atoms with Gasteiger partial charge in [0.15, 0.2) is 11.6 Å². The Labute approximate surface area is 195 Å². The zero-order chi connectivity index (χ0) is 23.2. The van der Waals surface area contributed by atoms with Gasteiger partial charge in [0.1, 0.15) is 12.2 Å². The Bertz CT molecular complexity index is 713. The van der Waals surface area contributed by atoms with Gasteiger partial charge in [0.25, 0.3) is 0 Å². The summed E-state index contributed by atoms with van der Waals surface area (Å²) in [5.74, 6) is -3.66. The van der Waals surface area contributed by atoms with Crippen molar-refractivity contribution in [1.29, 1.82) is 0 Å². The molecule has 0 amide bonds. The van der Waals surface area contributed by atoms with Crippen LogP contribution in [0.1, 0.15) is 53.4 Å². The van der Waals surface area contributed by atoms with Crippen LogP contribution in [-0.2, 0) is 49.7 Å². The summed E-state index contributed by atoms with van der Waals surface area (Å²) in [6.45, 7) is 5.23. The van der Waals surface area contributed by atoms with Crippen LogP contribution in [0.5, 0.6) is 0 Å². The van der Waals surface area contributed by atoms with E-state index >= 15 is 0 Å². The topological polar surface area (TPSA) is 185 Å². The van der Waals surface area contributed by atoms with Crippen molar-refractivity contribution < 1.29 is 59.9 Å². The molecule has 31 heavy (non-hydrogen) atoms. The Morgan fingerprint density at radius 3 is 1.23 bits per heavy atom. The second-order valence-electron chi connectivity index (χ2n) is 7.30. The van der Waals surface area contributed by atoms with E-state index in [2.05, 4.69) is 9.47 Å².